The van der Waals surface area contributed by atoms with Crippen molar-refractivity contribution in [1.29, 1.82) is 0 Å². The van der Waals surface area contributed by atoms with Gasteiger partial charge in [-0.15, -0.1) is 17.5 Å². The van der Waals surface area contributed by atoms with Crippen LogP contribution in [-0.4, -0.2) is 46.3 Å². The van der Waals surface area contributed by atoms with Crippen LogP contribution in [0, 0.1) is 6.92 Å². The smallest absolute Gasteiger partial charge is 0.233 e. The van der Waals surface area contributed by atoms with Gasteiger partial charge in [0.05, 0.1) is 12.3 Å². The summed E-state index contributed by atoms with van der Waals surface area (Å²) in [6.45, 7) is 3.81. The van der Waals surface area contributed by atoms with E-state index in [2.05, 4.69) is 10.4 Å². The maximum absolute atomic E-state index is 9.55. The first kappa shape index (κ1) is 19.1. The van der Waals surface area contributed by atoms with Crippen molar-refractivity contribution in [2.24, 2.45) is 0 Å². The number of nitrogens with one attached hydrogen (secondary N) is 1. The Bertz CT molecular complexity index is 836. The number of phenols is 1. The Balaban J connectivity index is 0.00000225. The van der Waals surface area contributed by atoms with Crippen LogP contribution in [0.1, 0.15) is 5.69 Å². The summed E-state index contributed by atoms with van der Waals surface area (Å²) in [5.41, 5.74) is 1.92. The van der Waals surface area contributed by atoms with E-state index in [1.807, 2.05) is 41.9 Å². The van der Waals surface area contributed by atoms with Crippen molar-refractivity contribution in [2.75, 3.05) is 26.3 Å². The van der Waals surface area contributed by atoms with Crippen LogP contribution in [0.25, 0.3) is 16.5 Å². The molecule has 7 heteroatoms. The molecule has 2 aromatic carbocycles. The van der Waals surface area contributed by atoms with E-state index in [4.69, 9.17) is 9.84 Å². The Morgan fingerprint density at radius 3 is 2.64 bits per heavy atom. The average molecular weight is 364 g/mol. The van der Waals surface area contributed by atoms with Crippen molar-refractivity contribution in [3.63, 3.8) is 0 Å². The van der Waals surface area contributed by atoms with Gasteiger partial charge in [0, 0.05) is 24.8 Å². The standard InChI is InChI=1S/C18H21N3O3.ClH/c1-13-10-18(24-9-7-19-6-8-22)20-21(13)16-4-2-15-12-17(23)5-3-14(15)11-16;/h2-5,10-12,19,22-23H,6-9H2,1H3;1H. The van der Waals surface area contributed by atoms with Crippen molar-refractivity contribution < 1.29 is 14.9 Å². The second-order valence-electron chi connectivity index (χ2n) is 5.57. The number of hydrogen-bond donors (Lipinski definition) is 3. The molecule has 6 nitrogen and oxygen atoms in total. The fourth-order valence-electron chi connectivity index (χ4n) is 2.56. The van der Waals surface area contributed by atoms with Gasteiger partial charge in [0.2, 0.25) is 5.88 Å². The van der Waals surface area contributed by atoms with Gasteiger partial charge in [0.1, 0.15) is 12.4 Å². The van der Waals surface area contributed by atoms with Crippen molar-refractivity contribution in [3.8, 4) is 17.3 Å². The zero-order chi connectivity index (χ0) is 16.9. The highest BCUT2D eigenvalue weighted by atomic mass is 35.5. The molecule has 0 amide bonds. The third kappa shape index (κ3) is 4.63. The van der Waals surface area contributed by atoms with Gasteiger partial charge in [0.15, 0.2) is 0 Å². The highest BCUT2D eigenvalue weighted by molar-refractivity contribution is 5.86. The summed E-state index contributed by atoms with van der Waals surface area (Å²) in [5, 5.41) is 27.8. The molecule has 3 rings (SSSR count). The number of aliphatic hydroxyl groups is 1. The van der Waals surface area contributed by atoms with Crippen molar-refractivity contribution in [1.82, 2.24) is 15.1 Å². The number of nitrogens with zero attached hydrogens (tertiary/aromatic N) is 2. The highest BCUT2D eigenvalue weighted by Crippen LogP contribution is 2.24. The van der Waals surface area contributed by atoms with Gasteiger partial charge in [0.25, 0.3) is 0 Å². The Morgan fingerprint density at radius 2 is 1.84 bits per heavy atom. The third-order valence-electron chi connectivity index (χ3n) is 3.73. The summed E-state index contributed by atoms with van der Waals surface area (Å²) in [5.74, 6) is 0.833. The molecule has 134 valence electrons. The summed E-state index contributed by atoms with van der Waals surface area (Å²) in [7, 11) is 0. The molecule has 0 radical (unpaired) electrons. The van der Waals surface area contributed by atoms with Crippen molar-refractivity contribution >= 4 is 23.2 Å². The molecule has 3 aromatic rings. The van der Waals surface area contributed by atoms with Crippen molar-refractivity contribution in [2.45, 2.75) is 6.92 Å². The first-order valence-electron chi connectivity index (χ1n) is 7.91. The minimum absolute atomic E-state index is 0. The second kappa shape index (κ2) is 8.71. The molecule has 1 aromatic heterocycles. The van der Waals surface area contributed by atoms with Crippen molar-refractivity contribution in [3.05, 3.63) is 48.2 Å². The maximum Gasteiger partial charge on any atom is 0.233 e. The van der Waals surface area contributed by atoms with Crippen LogP contribution in [0.2, 0.25) is 0 Å². The Labute approximate surface area is 152 Å². The number of aromatic hydroxyl groups is 1. The van der Waals surface area contributed by atoms with Gasteiger partial charge < -0.3 is 20.3 Å². The number of rotatable bonds is 7. The normalized spacial score (nSPS) is 10.6. The summed E-state index contributed by atoms with van der Waals surface area (Å²) >= 11 is 0. The molecule has 0 aliphatic rings. The molecule has 0 bridgehead atoms. The summed E-state index contributed by atoms with van der Waals surface area (Å²) < 4.78 is 7.47. The molecule has 0 fully saturated rings. The fraction of sp³-hybridized carbons (Fsp3) is 0.278. The van der Waals surface area contributed by atoms with E-state index in [9.17, 15) is 5.11 Å². The zero-order valence-electron chi connectivity index (χ0n) is 14.0. The van der Waals surface area contributed by atoms with Gasteiger partial charge in [-0.2, -0.15) is 0 Å². The lowest BCUT2D eigenvalue weighted by atomic mass is 10.1. The molecule has 1 heterocycles. The first-order valence-corrected chi connectivity index (χ1v) is 7.91. The van der Waals surface area contributed by atoms with Crippen LogP contribution in [-0.2, 0) is 0 Å². The van der Waals surface area contributed by atoms with Crippen LogP contribution in [0.3, 0.4) is 0 Å². The molecule has 0 spiro atoms. The number of phenolic OH excluding ortho intramolecular Hbond substituents is 1. The number of aromatic nitrogens is 2. The van der Waals surface area contributed by atoms with Gasteiger partial charge in [-0.3, -0.25) is 0 Å². The van der Waals surface area contributed by atoms with Crippen LogP contribution in [0.4, 0.5) is 0 Å². The number of aryl methyl sites for hydroxylation is 1. The number of ether oxygens (including phenoxy) is 1. The monoisotopic (exact) mass is 363 g/mol. The second-order valence-corrected chi connectivity index (χ2v) is 5.57. The van der Waals surface area contributed by atoms with E-state index >= 15 is 0 Å². The minimum Gasteiger partial charge on any atom is -0.508 e. The van der Waals surface area contributed by atoms with E-state index in [1.165, 1.54) is 0 Å². The van der Waals surface area contributed by atoms with Gasteiger partial charge in [-0.05, 0) is 42.0 Å². The molecule has 3 N–H and O–H groups in total. The largest absolute Gasteiger partial charge is 0.508 e. The highest BCUT2D eigenvalue weighted by Gasteiger charge is 2.08. The van der Waals surface area contributed by atoms with E-state index in [1.54, 1.807) is 12.1 Å². The molecule has 0 atom stereocenters. The van der Waals surface area contributed by atoms with E-state index in [-0.39, 0.29) is 24.8 Å². The SMILES string of the molecule is Cc1cc(OCCNCCO)nn1-c1ccc2cc(O)ccc2c1.Cl. The first-order chi connectivity index (χ1) is 11.7. The lowest BCUT2D eigenvalue weighted by molar-refractivity contribution is 0.271. The topological polar surface area (TPSA) is 79.5 Å². The summed E-state index contributed by atoms with van der Waals surface area (Å²) in [4.78, 5) is 0. The van der Waals surface area contributed by atoms with Crippen LogP contribution < -0.4 is 10.1 Å². The predicted molar refractivity (Wildman–Crippen MR) is 100 cm³/mol. The number of benzene rings is 2. The summed E-state index contributed by atoms with van der Waals surface area (Å²) in [6, 6.07) is 13.2. The van der Waals surface area contributed by atoms with Gasteiger partial charge in [-0.1, -0.05) is 12.1 Å². The van der Waals surface area contributed by atoms with Gasteiger partial charge >= 0.3 is 0 Å². The molecule has 0 saturated heterocycles. The quantitative estimate of drug-likeness (QED) is 0.562. The average Bonchev–Trinajstić information content (AvgIpc) is 2.95. The molecule has 0 aliphatic heterocycles. The lowest BCUT2D eigenvalue weighted by Crippen LogP contribution is -2.24. The number of hydrogen-bond acceptors (Lipinski definition) is 5. The minimum atomic E-state index is 0. The van der Waals surface area contributed by atoms with E-state index < -0.39 is 0 Å². The fourth-order valence-corrected chi connectivity index (χ4v) is 2.56. The van der Waals surface area contributed by atoms with E-state index in [0.717, 1.165) is 22.2 Å². The molecule has 25 heavy (non-hydrogen) atoms. The van der Waals surface area contributed by atoms with Crippen LogP contribution in [0.5, 0.6) is 11.6 Å². The maximum atomic E-state index is 9.55. The van der Waals surface area contributed by atoms with Gasteiger partial charge in [-0.25, -0.2) is 4.68 Å². The Kier molecular flexibility index (Phi) is 6.64. The number of aliphatic hydroxyl groups excluding tert-OH is 1. The Hall–Kier alpha value is -2.28. The number of halogens is 1. The molecule has 0 aliphatic carbocycles. The summed E-state index contributed by atoms with van der Waals surface area (Å²) in [6.07, 6.45) is 0. The molecular weight excluding hydrogens is 342 g/mol. The number of fused-ring (bicyclic) bond motifs is 1. The third-order valence-corrected chi connectivity index (χ3v) is 3.73. The molecule has 0 saturated carbocycles. The molecule has 0 unspecified atom stereocenters. The van der Waals surface area contributed by atoms with E-state index in [0.29, 0.717) is 25.6 Å². The molecular formula is C18H22ClN3O3. The van der Waals surface area contributed by atoms with Crippen LogP contribution in [0.15, 0.2) is 42.5 Å². The van der Waals surface area contributed by atoms with Crippen LogP contribution >= 0.6 is 12.4 Å². The lowest BCUT2D eigenvalue weighted by Gasteiger charge is -2.06. The predicted octanol–water partition coefficient (Wildman–Crippen LogP) is 2.42. The zero-order valence-corrected chi connectivity index (χ0v) is 14.8. The Morgan fingerprint density at radius 1 is 1.08 bits per heavy atom.